The highest BCUT2D eigenvalue weighted by Crippen LogP contribution is 2.31. The monoisotopic (exact) mass is 212 g/mol. The number of allylic oxidation sites excluding steroid dienone is 1. The van der Waals surface area contributed by atoms with Gasteiger partial charge in [0.05, 0.1) is 19.6 Å². The van der Waals surface area contributed by atoms with Crippen LogP contribution in [-0.2, 0) is 19.1 Å². The van der Waals surface area contributed by atoms with Crippen molar-refractivity contribution in [1.82, 2.24) is 0 Å². The van der Waals surface area contributed by atoms with Gasteiger partial charge in [-0.1, -0.05) is 13.0 Å². The highest BCUT2D eigenvalue weighted by molar-refractivity contribution is 5.90. The van der Waals surface area contributed by atoms with Crippen molar-refractivity contribution < 1.29 is 19.1 Å². The zero-order valence-electron chi connectivity index (χ0n) is 9.28. The third kappa shape index (κ3) is 2.58. The SMILES string of the molecule is CCOC(=O)[C@@H]1CC(C(=O)OC)=C[C@H]1C. The Bertz CT molecular complexity index is 293. The number of ether oxygens (including phenoxy) is 2. The maximum atomic E-state index is 11.5. The van der Waals surface area contributed by atoms with Crippen molar-refractivity contribution in [2.45, 2.75) is 20.3 Å². The lowest BCUT2D eigenvalue weighted by molar-refractivity contribution is -0.148. The zero-order valence-corrected chi connectivity index (χ0v) is 9.28. The third-order valence-electron chi connectivity index (χ3n) is 2.58. The lowest BCUT2D eigenvalue weighted by atomic mass is 9.97. The first-order chi connectivity index (χ1) is 7.10. The van der Waals surface area contributed by atoms with Crippen LogP contribution in [0.5, 0.6) is 0 Å². The maximum Gasteiger partial charge on any atom is 0.333 e. The largest absolute Gasteiger partial charge is 0.466 e. The van der Waals surface area contributed by atoms with Gasteiger partial charge in [-0.3, -0.25) is 4.79 Å². The molecule has 0 saturated carbocycles. The van der Waals surface area contributed by atoms with E-state index in [1.54, 1.807) is 13.0 Å². The van der Waals surface area contributed by atoms with Crippen LogP contribution in [0.1, 0.15) is 20.3 Å². The summed E-state index contributed by atoms with van der Waals surface area (Å²) in [5.74, 6) is -0.786. The molecule has 0 aromatic heterocycles. The fraction of sp³-hybridized carbons (Fsp3) is 0.636. The number of esters is 2. The Balaban J connectivity index is 2.63. The lowest BCUT2D eigenvalue weighted by Crippen LogP contribution is -2.20. The fourth-order valence-electron chi connectivity index (χ4n) is 1.75. The van der Waals surface area contributed by atoms with Crippen LogP contribution >= 0.6 is 0 Å². The second-order valence-electron chi connectivity index (χ2n) is 3.61. The van der Waals surface area contributed by atoms with E-state index in [9.17, 15) is 9.59 Å². The number of methoxy groups -OCH3 is 1. The smallest absolute Gasteiger partial charge is 0.333 e. The Labute approximate surface area is 89.2 Å². The molecule has 0 N–H and O–H groups in total. The number of rotatable bonds is 3. The molecule has 0 aliphatic heterocycles. The van der Waals surface area contributed by atoms with Crippen molar-refractivity contribution in [2.24, 2.45) is 11.8 Å². The molecule has 84 valence electrons. The van der Waals surface area contributed by atoms with Gasteiger partial charge in [-0.25, -0.2) is 4.79 Å². The van der Waals surface area contributed by atoms with Crippen LogP contribution in [0.15, 0.2) is 11.6 Å². The molecule has 0 aromatic rings. The Kier molecular flexibility index (Phi) is 3.88. The van der Waals surface area contributed by atoms with E-state index in [0.29, 0.717) is 18.6 Å². The van der Waals surface area contributed by atoms with Crippen LogP contribution in [0.3, 0.4) is 0 Å². The van der Waals surface area contributed by atoms with Crippen molar-refractivity contribution in [3.8, 4) is 0 Å². The van der Waals surface area contributed by atoms with Crippen LogP contribution < -0.4 is 0 Å². The van der Waals surface area contributed by atoms with E-state index < -0.39 is 0 Å². The average molecular weight is 212 g/mol. The van der Waals surface area contributed by atoms with E-state index in [4.69, 9.17) is 4.74 Å². The standard InChI is InChI=1S/C11H16O4/c1-4-15-11(13)9-6-8(5-7(9)2)10(12)14-3/h5,7,9H,4,6H2,1-3H3/t7-,9-/m1/s1. The molecule has 0 fully saturated rings. The number of hydrogen-bond acceptors (Lipinski definition) is 4. The van der Waals surface area contributed by atoms with Gasteiger partial charge in [0.1, 0.15) is 0 Å². The van der Waals surface area contributed by atoms with Crippen LogP contribution in [0.25, 0.3) is 0 Å². The van der Waals surface area contributed by atoms with Crippen molar-refractivity contribution in [1.29, 1.82) is 0 Å². The molecule has 0 amide bonds. The van der Waals surface area contributed by atoms with Gasteiger partial charge in [0.25, 0.3) is 0 Å². The quantitative estimate of drug-likeness (QED) is 0.662. The van der Waals surface area contributed by atoms with Crippen LogP contribution in [-0.4, -0.2) is 25.7 Å². The molecule has 0 bridgehead atoms. The predicted octanol–water partition coefficient (Wildman–Crippen LogP) is 1.30. The van der Waals surface area contributed by atoms with Gasteiger partial charge in [-0.05, 0) is 19.3 Å². The lowest BCUT2D eigenvalue weighted by Gasteiger charge is -2.13. The van der Waals surface area contributed by atoms with Gasteiger partial charge < -0.3 is 9.47 Å². The van der Waals surface area contributed by atoms with Gasteiger partial charge in [-0.2, -0.15) is 0 Å². The average Bonchev–Trinajstić information content (AvgIpc) is 2.59. The molecule has 1 rings (SSSR count). The Morgan fingerprint density at radius 2 is 2.20 bits per heavy atom. The van der Waals surface area contributed by atoms with Crippen molar-refractivity contribution in [3.63, 3.8) is 0 Å². The van der Waals surface area contributed by atoms with Crippen LogP contribution in [0, 0.1) is 11.8 Å². The minimum atomic E-state index is -0.353. The summed E-state index contributed by atoms with van der Waals surface area (Å²) in [6.45, 7) is 4.04. The molecule has 2 atom stereocenters. The summed E-state index contributed by atoms with van der Waals surface area (Å²) in [7, 11) is 1.34. The molecular weight excluding hydrogens is 196 g/mol. The fourth-order valence-corrected chi connectivity index (χ4v) is 1.75. The normalized spacial score (nSPS) is 24.6. The van der Waals surface area contributed by atoms with Gasteiger partial charge in [-0.15, -0.1) is 0 Å². The highest BCUT2D eigenvalue weighted by atomic mass is 16.5. The first-order valence-corrected chi connectivity index (χ1v) is 5.05. The number of carbonyl (C=O) groups excluding carboxylic acids is 2. The van der Waals surface area contributed by atoms with Gasteiger partial charge >= 0.3 is 11.9 Å². The maximum absolute atomic E-state index is 11.5. The predicted molar refractivity (Wildman–Crippen MR) is 54.0 cm³/mol. The van der Waals surface area contributed by atoms with E-state index in [2.05, 4.69) is 4.74 Å². The zero-order chi connectivity index (χ0) is 11.4. The third-order valence-corrected chi connectivity index (χ3v) is 2.58. The molecular formula is C11H16O4. The molecule has 4 heteroatoms. The summed E-state index contributed by atoms with van der Waals surface area (Å²) in [4.78, 5) is 22.7. The summed E-state index contributed by atoms with van der Waals surface area (Å²) in [5, 5.41) is 0. The van der Waals surface area contributed by atoms with Crippen molar-refractivity contribution in [2.75, 3.05) is 13.7 Å². The molecule has 4 nitrogen and oxygen atoms in total. The Morgan fingerprint density at radius 1 is 1.53 bits per heavy atom. The molecule has 15 heavy (non-hydrogen) atoms. The van der Waals surface area contributed by atoms with Gasteiger partial charge in [0.15, 0.2) is 0 Å². The number of carbonyl (C=O) groups is 2. The van der Waals surface area contributed by atoms with E-state index in [1.807, 2.05) is 6.92 Å². The topological polar surface area (TPSA) is 52.6 Å². The second kappa shape index (κ2) is 4.96. The Hall–Kier alpha value is -1.32. The van der Waals surface area contributed by atoms with E-state index in [1.165, 1.54) is 7.11 Å². The summed E-state index contributed by atoms with van der Waals surface area (Å²) in [6.07, 6.45) is 2.21. The first kappa shape index (κ1) is 11.8. The van der Waals surface area contributed by atoms with Crippen molar-refractivity contribution >= 4 is 11.9 Å². The highest BCUT2D eigenvalue weighted by Gasteiger charge is 2.34. The Morgan fingerprint density at radius 3 is 2.73 bits per heavy atom. The molecule has 1 aliphatic rings. The van der Waals surface area contributed by atoms with Gasteiger partial charge in [0, 0.05) is 5.57 Å². The van der Waals surface area contributed by atoms with E-state index >= 15 is 0 Å². The summed E-state index contributed by atoms with van der Waals surface area (Å²) in [6, 6.07) is 0. The van der Waals surface area contributed by atoms with E-state index in [-0.39, 0.29) is 23.8 Å². The number of hydrogen-bond donors (Lipinski definition) is 0. The second-order valence-corrected chi connectivity index (χ2v) is 3.61. The van der Waals surface area contributed by atoms with E-state index in [0.717, 1.165) is 0 Å². The van der Waals surface area contributed by atoms with Crippen molar-refractivity contribution in [3.05, 3.63) is 11.6 Å². The molecule has 0 saturated heterocycles. The summed E-state index contributed by atoms with van der Waals surface area (Å²) in [5.41, 5.74) is 0.572. The van der Waals surface area contributed by atoms with Crippen LogP contribution in [0.4, 0.5) is 0 Å². The minimum Gasteiger partial charge on any atom is -0.466 e. The molecule has 0 unspecified atom stereocenters. The molecule has 0 heterocycles. The molecule has 0 spiro atoms. The molecule has 0 radical (unpaired) electrons. The molecule has 0 aromatic carbocycles. The molecule has 1 aliphatic carbocycles. The van der Waals surface area contributed by atoms with Crippen LogP contribution in [0.2, 0.25) is 0 Å². The minimum absolute atomic E-state index is 0.0400. The summed E-state index contributed by atoms with van der Waals surface area (Å²) >= 11 is 0. The summed E-state index contributed by atoms with van der Waals surface area (Å²) < 4.78 is 9.54. The van der Waals surface area contributed by atoms with Gasteiger partial charge in [0.2, 0.25) is 0 Å². The first-order valence-electron chi connectivity index (χ1n) is 5.05.